The molecule has 2 rings (SSSR count). The first kappa shape index (κ1) is 15.3. The molecule has 0 spiro atoms. The number of aryl methyl sites for hydroxylation is 1. The Kier molecular flexibility index (Phi) is 5.83. The molecule has 0 radical (unpaired) electrons. The fourth-order valence-corrected chi connectivity index (χ4v) is 2.55. The standard InChI is InChI=1S/C16H25NO3/c1-13-4-3-5-16(8-13)20-12-15(18)10-17(2)9-14-6-7-19-11-14/h3-5,8,14-15,18H,6-7,9-12H2,1-2H3. The minimum atomic E-state index is -0.470. The Bertz CT molecular complexity index is 404. The number of likely N-dealkylation sites (N-methyl/N-ethyl adjacent to an activating group) is 1. The second-order valence-electron chi connectivity index (χ2n) is 5.73. The van der Waals surface area contributed by atoms with Crippen molar-refractivity contribution in [3.63, 3.8) is 0 Å². The number of nitrogens with zero attached hydrogens (tertiary/aromatic N) is 1. The van der Waals surface area contributed by atoms with E-state index >= 15 is 0 Å². The predicted molar refractivity (Wildman–Crippen MR) is 79.1 cm³/mol. The number of aliphatic hydroxyl groups excluding tert-OH is 1. The lowest BCUT2D eigenvalue weighted by atomic mass is 10.1. The largest absolute Gasteiger partial charge is 0.491 e. The summed E-state index contributed by atoms with van der Waals surface area (Å²) >= 11 is 0. The minimum absolute atomic E-state index is 0.328. The van der Waals surface area contributed by atoms with Crippen molar-refractivity contribution in [2.24, 2.45) is 5.92 Å². The molecule has 0 saturated carbocycles. The van der Waals surface area contributed by atoms with Gasteiger partial charge in [0.05, 0.1) is 6.61 Å². The average Bonchev–Trinajstić information content (AvgIpc) is 2.89. The Morgan fingerprint density at radius 1 is 1.50 bits per heavy atom. The third-order valence-corrected chi connectivity index (χ3v) is 3.55. The maximum Gasteiger partial charge on any atom is 0.119 e. The highest BCUT2D eigenvalue weighted by Gasteiger charge is 2.18. The molecule has 1 aromatic rings. The molecule has 20 heavy (non-hydrogen) atoms. The molecule has 4 heteroatoms. The van der Waals surface area contributed by atoms with Crippen LogP contribution in [0.4, 0.5) is 0 Å². The van der Waals surface area contributed by atoms with E-state index in [4.69, 9.17) is 9.47 Å². The van der Waals surface area contributed by atoms with Gasteiger partial charge in [0.25, 0.3) is 0 Å². The second kappa shape index (κ2) is 7.62. The summed E-state index contributed by atoms with van der Waals surface area (Å²) in [5.74, 6) is 1.42. The molecule has 1 N–H and O–H groups in total. The van der Waals surface area contributed by atoms with Crippen molar-refractivity contribution in [2.45, 2.75) is 19.4 Å². The van der Waals surface area contributed by atoms with Crippen LogP contribution in [-0.4, -0.2) is 56.1 Å². The van der Waals surface area contributed by atoms with Gasteiger partial charge < -0.3 is 19.5 Å². The molecule has 0 aliphatic carbocycles. The zero-order valence-electron chi connectivity index (χ0n) is 12.4. The van der Waals surface area contributed by atoms with E-state index in [0.717, 1.165) is 37.5 Å². The van der Waals surface area contributed by atoms with Gasteiger partial charge in [-0.2, -0.15) is 0 Å². The quantitative estimate of drug-likeness (QED) is 0.825. The van der Waals surface area contributed by atoms with Crippen molar-refractivity contribution >= 4 is 0 Å². The lowest BCUT2D eigenvalue weighted by Gasteiger charge is -2.23. The molecule has 2 unspecified atom stereocenters. The Morgan fingerprint density at radius 2 is 2.35 bits per heavy atom. The van der Waals surface area contributed by atoms with Crippen LogP contribution in [0.3, 0.4) is 0 Å². The molecule has 2 atom stereocenters. The summed E-state index contributed by atoms with van der Waals surface area (Å²) in [6.07, 6.45) is 0.656. The number of benzene rings is 1. The van der Waals surface area contributed by atoms with Crippen molar-refractivity contribution < 1.29 is 14.6 Å². The molecule has 0 amide bonds. The van der Waals surface area contributed by atoms with Gasteiger partial charge in [-0.05, 0) is 44.0 Å². The number of aliphatic hydroxyl groups is 1. The third-order valence-electron chi connectivity index (χ3n) is 3.55. The SMILES string of the molecule is Cc1cccc(OCC(O)CN(C)CC2CCOC2)c1. The Balaban J connectivity index is 1.67. The minimum Gasteiger partial charge on any atom is -0.491 e. The second-order valence-corrected chi connectivity index (χ2v) is 5.73. The monoisotopic (exact) mass is 279 g/mol. The molecule has 1 aliphatic rings. The number of ether oxygens (including phenoxy) is 2. The Hall–Kier alpha value is -1.10. The summed E-state index contributed by atoms with van der Waals surface area (Å²) < 4.78 is 11.0. The highest BCUT2D eigenvalue weighted by Crippen LogP contribution is 2.14. The highest BCUT2D eigenvalue weighted by molar-refractivity contribution is 5.27. The van der Waals surface area contributed by atoms with E-state index in [2.05, 4.69) is 4.90 Å². The molecule has 1 fully saturated rings. The van der Waals surface area contributed by atoms with Crippen LogP contribution in [0.25, 0.3) is 0 Å². The fraction of sp³-hybridized carbons (Fsp3) is 0.625. The number of hydrogen-bond donors (Lipinski definition) is 1. The lowest BCUT2D eigenvalue weighted by Crippen LogP contribution is -2.36. The van der Waals surface area contributed by atoms with E-state index < -0.39 is 6.10 Å². The van der Waals surface area contributed by atoms with Gasteiger partial charge in [0.15, 0.2) is 0 Å². The van der Waals surface area contributed by atoms with E-state index in [1.165, 1.54) is 0 Å². The van der Waals surface area contributed by atoms with Crippen LogP contribution in [0.1, 0.15) is 12.0 Å². The van der Waals surface area contributed by atoms with Crippen LogP contribution in [0, 0.1) is 12.8 Å². The number of hydrogen-bond acceptors (Lipinski definition) is 4. The Labute approximate surface area is 121 Å². The van der Waals surface area contributed by atoms with E-state index in [1.54, 1.807) is 0 Å². The van der Waals surface area contributed by atoms with Crippen LogP contribution < -0.4 is 4.74 Å². The average molecular weight is 279 g/mol. The fourth-order valence-electron chi connectivity index (χ4n) is 2.55. The van der Waals surface area contributed by atoms with Crippen molar-refractivity contribution in [2.75, 3.05) is 40.0 Å². The molecular weight excluding hydrogens is 254 g/mol. The van der Waals surface area contributed by atoms with Crippen molar-refractivity contribution in [3.8, 4) is 5.75 Å². The van der Waals surface area contributed by atoms with Crippen molar-refractivity contribution in [1.82, 2.24) is 4.90 Å². The van der Waals surface area contributed by atoms with Gasteiger partial charge in [-0.3, -0.25) is 0 Å². The van der Waals surface area contributed by atoms with Gasteiger partial charge in [0.1, 0.15) is 18.5 Å². The molecule has 1 aliphatic heterocycles. The van der Waals surface area contributed by atoms with Gasteiger partial charge in [0.2, 0.25) is 0 Å². The molecule has 4 nitrogen and oxygen atoms in total. The zero-order chi connectivity index (χ0) is 14.4. The summed E-state index contributed by atoms with van der Waals surface area (Å²) in [6, 6.07) is 7.88. The normalized spacial score (nSPS) is 20.3. The van der Waals surface area contributed by atoms with Crippen LogP contribution in [0.2, 0.25) is 0 Å². The molecule has 112 valence electrons. The molecule has 1 saturated heterocycles. The highest BCUT2D eigenvalue weighted by atomic mass is 16.5. The third kappa shape index (κ3) is 5.12. The maximum absolute atomic E-state index is 10.0. The summed E-state index contributed by atoms with van der Waals surface area (Å²) in [7, 11) is 2.04. The summed E-state index contributed by atoms with van der Waals surface area (Å²) in [4.78, 5) is 2.16. The first-order valence-corrected chi connectivity index (χ1v) is 7.27. The van der Waals surface area contributed by atoms with Gasteiger partial charge in [-0.25, -0.2) is 0 Å². The predicted octanol–water partition coefficient (Wildman–Crippen LogP) is 1.70. The van der Waals surface area contributed by atoms with Crippen LogP contribution >= 0.6 is 0 Å². The molecular formula is C16H25NO3. The zero-order valence-corrected chi connectivity index (χ0v) is 12.4. The van der Waals surface area contributed by atoms with E-state index in [9.17, 15) is 5.11 Å². The molecule has 1 heterocycles. The summed E-state index contributed by atoms with van der Waals surface area (Å²) in [5, 5.41) is 10.0. The molecule has 0 bridgehead atoms. The van der Waals surface area contributed by atoms with E-state index in [-0.39, 0.29) is 0 Å². The van der Waals surface area contributed by atoms with Crippen LogP contribution in [0.5, 0.6) is 5.75 Å². The maximum atomic E-state index is 10.0. The molecule has 0 aromatic heterocycles. The van der Waals surface area contributed by atoms with Crippen molar-refractivity contribution in [3.05, 3.63) is 29.8 Å². The van der Waals surface area contributed by atoms with Crippen LogP contribution in [-0.2, 0) is 4.74 Å². The summed E-state index contributed by atoms with van der Waals surface area (Å²) in [5.41, 5.74) is 1.16. The summed E-state index contributed by atoms with van der Waals surface area (Å²) in [6.45, 7) is 5.68. The van der Waals surface area contributed by atoms with Gasteiger partial charge in [-0.15, -0.1) is 0 Å². The Morgan fingerprint density at radius 3 is 3.05 bits per heavy atom. The number of rotatable bonds is 7. The first-order valence-electron chi connectivity index (χ1n) is 7.27. The molecule has 1 aromatic carbocycles. The van der Waals surface area contributed by atoms with Gasteiger partial charge in [-0.1, -0.05) is 12.1 Å². The van der Waals surface area contributed by atoms with Crippen molar-refractivity contribution in [1.29, 1.82) is 0 Å². The van der Waals surface area contributed by atoms with E-state index in [0.29, 0.717) is 19.1 Å². The van der Waals surface area contributed by atoms with E-state index in [1.807, 2.05) is 38.2 Å². The van der Waals surface area contributed by atoms with Crippen LogP contribution in [0.15, 0.2) is 24.3 Å². The lowest BCUT2D eigenvalue weighted by molar-refractivity contribution is 0.0705. The van der Waals surface area contributed by atoms with Gasteiger partial charge >= 0.3 is 0 Å². The smallest absolute Gasteiger partial charge is 0.119 e. The van der Waals surface area contributed by atoms with Gasteiger partial charge in [0, 0.05) is 19.7 Å². The topological polar surface area (TPSA) is 41.9 Å². The first-order chi connectivity index (χ1) is 9.63.